The first-order chi connectivity index (χ1) is 11.8. The van der Waals surface area contributed by atoms with Gasteiger partial charge in [-0.15, -0.1) is 5.10 Å². The van der Waals surface area contributed by atoms with Gasteiger partial charge in [0.15, 0.2) is 11.5 Å². The third kappa shape index (κ3) is 3.18. The quantitative estimate of drug-likeness (QED) is 0.813. The highest BCUT2D eigenvalue weighted by Gasteiger charge is 2.18. The van der Waals surface area contributed by atoms with Gasteiger partial charge in [-0.3, -0.25) is 0 Å². The van der Waals surface area contributed by atoms with E-state index in [1.807, 2.05) is 12.1 Å². The van der Waals surface area contributed by atoms with Gasteiger partial charge in [-0.25, -0.2) is 4.98 Å². The molecule has 1 fully saturated rings. The third-order valence-corrected chi connectivity index (χ3v) is 3.80. The summed E-state index contributed by atoms with van der Waals surface area (Å²) in [6.45, 7) is 2.83. The molecule has 0 spiro atoms. The number of methoxy groups -OCH3 is 3. The molecule has 0 unspecified atom stereocenters. The molecule has 1 saturated heterocycles. The van der Waals surface area contributed by atoms with Crippen LogP contribution in [-0.2, 0) is 4.74 Å². The van der Waals surface area contributed by atoms with Crippen molar-refractivity contribution in [3.8, 4) is 28.5 Å². The van der Waals surface area contributed by atoms with Crippen molar-refractivity contribution in [2.75, 3.05) is 52.5 Å². The number of rotatable bonds is 5. The van der Waals surface area contributed by atoms with Crippen LogP contribution < -0.4 is 19.1 Å². The molecule has 3 rings (SSSR count). The Hall–Kier alpha value is -2.61. The molecule has 8 heteroatoms. The molecule has 0 N–H and O–H groups in total. The summed E-state index contributed by atoms with van der Waals surface area (Å²) in [5, 5.41) is 8.21. The molecular formula is C16H20N4O4. The summed E-state index contributed by atoms with van der Waals surface area (Å²) < 4.78 is 21.5. The second-order valence-corrected chi connectivity index (χ2v) is 5.16. The zero-order chi connectivity index (χ0) is 16.9. The summed E-state index contributed by atoms with van der Waals surface area (Å²) in [5.41, 5.74) is 1.50. The van der Waals surface area contributed by atoms with E-state index in [1.165, 1.54) is 0 Å². The molecule has 8 nitrogen and oxygen atoms in total. The van der Waals surface area contributed by atoms with Crippen LogP contribution in [0.2, 0.25) is 0 Å². The maximum Gasteiger partial charge on any atom is 0.246 e. The van der Waals surface area contributed by atoms with Crippen molar-refractivity contribution in [2.24, 2.45) is 0 Å². The number of benzene rings is 1. The summed E-state index contributed by atoms with van der Waals surface area (Å²) in [6, 6.07) is 3.68. The number of morpholine rings is 1. The van der Waals surface area contributed by atoms with E-state index in [1.54, 1.807) is 27.5 Å². The van der Waals surface area contributed by atoms with Gasteiger partial charge in [-0.2, -0.15) is 5.10 Å². The summed E-state index contributed by atoms with van der Waals surface area (Å²) in [7, 11) is 4.74. The number of ether oxygens (including phenoxy) is 4. The lowest BCUT2D eigenvalue weighted by Gasteiger charge is -2.26. The van der Waals surface area contributed by atoms with Crippen molar-refractivity contribution in [1.82, 2.24) is 15.2 Å². The van der Waals surface area contributed by atoms with E-state index >= 15 is 0 Å². The molecule has 0 radical (unpaired) electrons. The van der Waals surface area contributed by atoms with Crippen molar-refractivity contribution in [1.29, 1.82) is 0 Å². The summed E-state index contributed by atoms with van der Waals surface area (Å²) in [4.78, 5) is 6.67. The molecule has 1 aromatic heterocycles. The first kappa shape index (κ1) is 16.3. The van der Waals surface area contributed by atoms with Crippen molar-refractivity contribution >= 4 is 5.95 Å². The fraction of sp³-hybridized carbons (Fsp3) is 0.438. The number of anilines is 1. The Kier molecular flexibility index (Phi) is 4.95. The monoisotopic (exact) mass is 332 g/mol. The van der Waals surface area contributed by atoms with Crippen LogP contribution in [0.4, 0.5) is 5.95 Å². The van der Waals surface area contributed by atoms with Crippen LogP contribution in [0.3, 0.4) is 0 Å². The lowest BCUT2D eigenvalue weighted by Crippen LogP contribution is -2.37. The van der Waals surface area contributed by atoms with Gasteiger partial charge in [0.05, 0.1) is 46.4 Å². The largest absolute Gasteiger partial charge is 0.493 e. The fourth-order valence-electron chi connectivity index (χ4n) is 2.56. The normalized spacial score (nSPS) is 14.4. The van der Waals surface area contributed by atoms with E-state index in [0.717, 1.165) is 18.7 Å². The maximum absolute atomic E-state index is 5.39. The molecule has 1 aromatic carbocycles. The van der Waals surface area contributed by atoms with Crippen LogP contribution in [0.1, 0.15) is 0 Å². The number of aromatic nitrogens is 3. The van der Waals surface area contributed by atoms with Gasteiger partial charge in [0, 0.05) is 18.7 Å². The summed E-state index contributed by atoms with van der Waals surface area (Å²) in [6.07, 6.45) is 1.62. The molecule has 2 heterocycles. The minimum absolute atomic E-state index is 0.541. The SMILES string of the molecule is COc1cc(-c2cnnc(N3CCOCC3)n2)cc(OC)c1OC. The van der Waals surface area contributed by atoms with E-state index in [0.29, 0.717) is 42.1 Å². The van der Waals surface area contributed by atoms with E-state index in [9.17, 15) is 0 Å². The Morgan fingerprint density at radius 1 is 1.00 bits per heavy atom. The molecule has 1 aliphatic rings. The van der Waals surface area contributed by atoms with E-state index in [4.69, 9.17) is 18.9 Å². The third-order valence-electron chi connectivity index (χ3n) is 3.80. The van der Waals surface area contributed by atoms with Gasteiger partial charge in [-0.05, 0) is 12.1 Å². The highest BCUT2D eigenvalue weighted by Crippen LogP contribution is 2.40. The lowest BCUT2D eigenvalue weighted by molar-refractivity contribution is 0.122. The van der Waals surface area contributed by atoms with Gasteiger partial charge in [0.25, 0.3) is 0 Å². The van der Waals surface area contributed by atoms with E-state index < -0.39 is 0 Å². The zero-order valence-electron chi connectivity index (χ0n) is 14.0. The van der Waals surface area contributed by atoms with Crippen molar-refractivity contribution in [3.63, 3.8) is 0 Å². The Balaban J connectivity index is 1.99. The van der Waals surface area contributed by atoms with Crippen LogP contribution in [0, 0.1) is 0 Å². The molecular weight excluding hydrogens is 312 g/mol. The Bertz CT molecular complexity index is 679. The van der Waals surface area contributed by atoms with Crippen LogP contribution >= 0.6 is 0 Å². The molecule has 0 atom stereocenters. The molecule has 2 aromatic rings. The van der Waals surface area contributed by atoms with E-state index in [-0.39, 0.29) is 0 Å². The minimum atomic E-state index is 0.541. The molecule has 0 bridgehead atoms. The van der Waals surface area contributed by atoms with Crippen molar-refractivity contribution < 1.29 is 18.9 Å². The molecule has 1 aliphatic heterocycles. The molecule has 128 valence electrons. The molecule has 0 amide bonds. The maximum atomic E-state index is 5.39. The summed E-state index contributed by atoms with van der Waals surface area (Å²) in [5.74, 6) is 2.26. The van der Waals surface area contributed by atoms with E-state index in [2.05, 4.69) is 20.1 Å². The lowest BCUT2D eigenvalue weighted by atomic mass is 10.1. The van der Waals surface area contributed by atoms with Crippen LogP contribution in [0.5, 0.6) is 17.2 Å². The Morgan fingerprint density at radius 3 is 2.25 bits per heavy atom. The fourth-order valence-corrected chi connectivity index (χ4v) is 2.56. The molecule has 0 aliphatic carbocycles. The first-order valence-electron chi connectivity index (χ1n) is 7.59. The van der Waals surface area contributed by atoms with Crippen LogP contribution in [0.15, 0.2) is 18.3 Å². The highest BCUT2D eigenvalue weighted by atomic mass is 16.5. The smallest absolute Gasteiger partial charge is 0.246 e. The Morgan fingerprint density at radius 2 is 1.67 bits per heavy atom. The highest BCUT2D eigenvalue weighted by molar-refractivity contribution is 5.68. The summed E-state index contributed by atoms with van der Waals surface area (Å²) >= 11 is 0. The topological polar surface area (TPSA) is 78.8 Å². The number of hydrogen-bond donors (Lipinski definition) is 0. The number of nitrogens with zero attached hydrogens (tertiary/aromatic N) is 4. The van der Waals surface area contributed by atoms with Gasteiger partial charge in [0.1, 0.15) is 0 Å². The Labute approximate surface area is 140 Å². The van der Waals surface area contributed by atoms with Gasteiger partial charge >= 0.3 is 0 Å². The van der Waals surface area contributed by atoms with Gasteiger partial charge < -0.3 is 23.8 Å². The minimum Gasteiger partial charge on any atom is -0.493 e. The van der Waals surface area contributed by atoms with Crippen molar-refractivity contribution in [2.45, 2.75) is 0 Å². The van der Waals surface area contributed by atoms with Crippen molar-refractivity contribution in [3.05, 3.63) is 18.3 Å². The van der Waals surface area contributed by atoms with Crippen LogP contribution in [0.25, 0.3) is 11.3 Å². The number of hydrogen-bond acceptors (Lipinski definition) is 8. The molecule has 0 saturated carbocycles. The predicted octanol–water partition coefficient (Wildman–Crippen LogP) is 1.40. The average Bonchev–Trinajstić information content (AvgIpc) is 2.67. The second kappa shape index (κ2) is 7.31. The van der Waals surface area contributed by atoms with Gasteiger partial charge in [0.2, 0.25) is 11.7 Å². The second-order valence-electron chi connectivity index (χ2n) is 5.16. The van der Waals surface area contributed by atoms with Gasteiger partial charge in [-0.1, -0.05) is 0 Å². The average molecular weight is 332 g/mol. The first-order valence-corrected chi connectivity index (χ1v) is 7.59. The standard InChI is InChI=1S/C16H20N4O4/c1-21-13-8-11(9-14(22-2)15(13)23-3)12-10-17-19-16(18-12)20-4-6-24-7-5-20/h8-10H,4-7H2,1-3H3. The molecule has 24 heavy (non-hydrogen) atoms. The zero-order valence-corrected chi connectivity index (χ0v) is 14.0. The van der Waals surface area contributed by atoms with Crippen LogP contribution in [-0.4, -0.2) is 62.8 Å². The predicted molar refractivity (Wildman–Crippen MR) is 88.0 cm³/mol.